The summed E-state index contributed by atoms with van der Waals surface area (Å²) in [5.74, 6) is 2.66. The fourth-order valence-corrected chi connectivity index (χ4v) is 3.12. The van der Waals surface area contributed by atoms with Gasteiger partial charge in [0.25, 0.3) is 0 Å². The molecule has 1 unspecified atom stereocenters. The van der Waals surface area contributed by atoms with Crippen molar-refractivity contribution in [2.75, 3.05) is 24.7 Å². The first-order valence-corrected chi connectivity index (χ1v) is 8.33. The molecule has 1 rings (SSSR count). The normalized spacial score (nSPS) is 12.6. The van der Waals surface area contributed by atoms with Crippen LogP contribution in [0, 0.1) is 5.92 Å². The Morgan fingerprint density at radius 3 is 2.67 bits per heavy atom. The largest absolute Gasteiger partial charge is 0.316 e. The standard InChI is InChI=1S/C15H24ClNS/c1-2-6-14(9-10-16)13-17-11-12-18-15-7-4-3-5-8-15/h3-5,7-8,14,17H,2,6,9-13H2,1H3. The van der Waals surface area contributed by atoms with Crippen molar-refractivity contribution in [3.63, 3.8) is 0 Å². The van der Waals surface area contributed by atoms with Gasteiger partial charge in [0.05, 0.1) is 0 Å². The number of hydrogen-bond donors (Lipinski definition) is 1. The van der Waals surface area contributed by atoms with Gasteiger partial charge in [-0.05, 0) is 37.4 Å². The first kappa shape index (κ1) is 15.9. The van der Waals surface area contributed by atoms with Crippen molar-refractivity contribution < 1.29 is 0 Å². The molecular weight excluding hydrogens is 262 g/mol. The van der Waals surface area contributed by atoms with Crippen molar-refractivity contribution in [2.24, 2.45) is 5.92 Å². The monoisotopic (exact) mass is 285 g/mol. The van der Waals surface area contributed by atoms with Crippen LogP contribution in [0.1, 0.15) is 26.2 Å². The number of benzene rings is 1. The molecule has 1 N–H and O–H groups in total. The van der Waals surface area contributed by atoms with Gasteiger partial charge >= 0.3 is 0 Å². The van der Waals surface area contributed by atoms with Crippen molar-refractivity contribution in [2.45, 2.75) is 31.1 Å². The molecule has 3 heteroatoms. The van der Waals surface area contributed by atoms with Crippen LogP contribution in [0.25, 0.3) is 0 Å². The Bertz CT molecular complexity index is 286. The van der Waals surface area contributed by atoms with E-state index in [2.05, 4.69) is 42.6 Å². The highest BCUT2D eigenvalue weighted by Gasteiger charge is 2.05. The zero-order valence-corrected chi connectivity index (χ0v) is 12.8. The predicted molar refractivity (Wildman–Crippen MR) is 83.8 cm³/mol. The predicted octanol–water partition coefficient (Wildman–Crippen LogP) is 4.41. The summed E-state index contributed by atoms with van der Waals surface area (Å²) in [5.41, 5.74) is 0. The van der Waals surface area contributed by atoms with Gasteiger partial charge in [0.1, 0.15) is 0 Å². The minimum Gasteiger partial charge on any atom is -0.316 e. The molecule has 0 spiro atoms. The molecule has 0 heterocycles. The molecule has 1 aromatic carbocycles. The Morgan fingerprint density at radius 2 is 2.00 bits per heavy atom. The lowest BCUT2D eigenvalue weighted by molar-refractivity contribution is 0.437. The van der Waals surface area contributed by atoms with Gasteiger partial charge in [0, 0.05) is 23.1 Å². The topological polar surface area (TPSA) is 12.0 Å². The maximum absolute atomic E-state index is 5.82. The van der Waals surface area contributed by atoms with Crippen molar-refractivity contribution >= 4 is 23.4 Å². The highest BCUT2D eigenvalue weighted by atomic mass is 35.5. The van der Waals surface area contributed by atoms with E-state index in [1.807, 2.05) is 11.8 Å². The van der Waals surface area contributed by atoms with E-state index in [-0.39, 0.29) is 0 Å². The van der Waals surface area contributed by atoms with Crippen LogP contribution < -0.4 is 5.32 Å². The van der Waals surface area contributed by atoms with Crippen molar-refractivity contribution in [1.82, 2.24) is 5.32 Å². The molecule has 1 nitrogen and oxygen atoms in total. The summed E-state index contributed by atoms with van der Waals surface area (Å²) in [6.07, 6.45) is 3.67. The Kier molecular flexibility index (Phi) is 9.45. The molecular formula is C15H24ClNS. The van der Waals surface area contributed by atoms with E-state index in [1.54, 1.807) is 0 Å². The Morgan fingerprint density at radius 1 is 1.22 bits per heavy atom. The second kappa shape index (κ2) is 10.7. The van der Waals surface area contributed by atoms with Crippen molar-refractivity contribution in [3.05, 3.63) is 30.3 Å². The molecule has 0 bridgehead atoms. The highest BCUT2D eigenvalue weighted by Crippen LogP contribution is 2.16. The molecule has 0 aliphatic rings. The van der Waals surface area contributed by atoms with Gasteiger partial charge < -0.3 is 5.32 Å². The summed E-state index contributed by atoms with van der Waals surface area (Å²) in [4.78, 5) is 1.35. The van der Waals surface area contributed by atoms with Crippen LogP contribution in [0.15, 0.2) is 35.2 Å². The highest BCUT2D eigenvalue weighted by molar-refractivity contribution is 7.99. The van der Waals surface area contributed by atoms with Crippen LogP contribution in [0.2, 0.25) is 0 Å². The van der Waals surface area contributed by atoms with Gasteiger partial charge in [0.15, 0.2) is 0 Å². The molecule has 0 amide bonds. The third kappa shape index (κ3) is 7.30. The first-order valence-electron chi connectivity index (χ1n) is 6.81. The third-order valence-electron chi connectivity index (χ3n) is 2.94. The second-order valence-corrected chi connectivity index (χ2v) is 6.04. The summed E-state index contributed by atoms with van der Waals surface area (Å²) in [6, 6.07) is 10.6. The van der Waals surface area contributed by atoms with E-state index in [0.29, 0.717) is 0 Å². The maximum atomic E-state index is 5.82. The average Bonchev–Trinajstić information content (AvgIpc) is 2.40. The minimum atomic E-state index is 0.745. The molecule has 0 saturated heterocycles. The summed E-state index contributed by atoms with van der Waals surface area (Å²) >= 11 is 7.73. The van der Waals surface area contributed by atoms with Crippen LogP contribution in [-0.4, -0.2) is 24.7 Å². The van der Waals surface area contributed by atoms with E-state index in [0.717, 1.165) is 37.1 Å². The molecule has 18 heavy (non-hydrogen) atoms. The fraction of sp³-hybridized carbons (Fsp3) is 0.600. The van der Waals surface area contributed by atoms with Crippen LogP contribution in [0.4, 0.5) is 0 Å². The lowest BCUT2D eigenvalue weighted by Gasteiger charge is -2.15. The van der Waals surface area contributed by atoms with Crippen LogP contribution in [0.3, 0.4) is 0 Å². The molecule has 1 aromatic rings. The quantitative estimate of drug-likeness (QED) is 0.388. The smallest absolute Gasteiger partial charge is 0.0226 e. The molecule has 1 atom stereocenters. The van der Waals surface area contributed by atoms with E-state index < -0.39 is 0 Å². The number of alkyl halides is 1. The Balaban J connectivity index is 2.06. The minimum absolute atomic E-state index is 0.745. The zero-order chi connectivity index (χ0) is 13.1. The van der Waals surface area contributed by atoms with Crippen molar-refractivity contribution in [3.8, 4) is 0 Å². The molecule has 0 fully saturated rings. The van der Waals surface area contributed by atoms with Crippen LogP contribution in [0.5, 0.6) is 0 Å². The van der Waals surface area contributed by atoms with Crippen molar-refractivity contribution in [1.29, 1.82) is 0 Å². The van der Waals surface area contributed by atoms with Crippen LogP contribution in [-0.2, 0) is 0 Å². The number of halogens is 1. The summed E-state index contributed by atoms with van der Waals surface area (Å²) in [5, 5.41) is 3.55. The van der Waals surface area contributed by atoms with Gasteiger partial charge in [-0.1, -0.05) is 31.5 Å². The Hall–Kier alpha value is -0.180. The molecule has 0 aliphatic heterocycles. The summed E-state index contributed by atoms with van der Waals surface area (Å²) in [6.45, 7) is 4.42. The fourth-order valence-electron chi connectivity index (χ4n) is 1.97. The lowest BCUT2D eigenvalue weighted by Crippen LogP contribution is -2.25. The maximum Gasteiger partial charge on any atom is 0.0226 e. The van der Waals surface area contributed by atoms with Gasteiger partial charge in [-0.2, -0.15) is 0 Å². The second-order valence-electron chi connectivity index (χ2n) is 4.50. The van der Waals surface area contributed by atoms with E-state index in [9.17, 15) is 0 Å². The number of hydrogen-bond acceptors (Lipinski definition) is 2. The summed E-state index contributed by atoms with van der Waals surface area (Å²) < 4.78 is 0. The van der Waals surface area contributed by atoms with Crippen LogP contribution >= 0.6 is 23.4 Å². The lowest BCUT2D eigenvalue weighted by atomic mass is 10.0. The van der Waals surface area contributed by atoms with Gasteiger partial charge in [-0.25, -0.2) is 0 Å². The Labute approximate surface area is 121 Å². The molecule has 0 saturated carbocycles. The van der Waals surface area contributed by atoms with Gasteiger partial charge in [0.2, 0.25) is 0 Å². The van der Waals surface area contributed by atoms with Gasteiger partial charge in [-0.3, -0.25) is 0 Å². The number of rotatable bonds is 10. The van der Waals surface area contributed by atoms with E-state index in [4.69, 9.17) is 11.6 Å². The third-order valence-corrected chi connectivity index (χ3v) is 4.17. The van der Waals surface area contributed by atoms with Gasteiger partial charge in [-0.15, -0.1) is 23.4 Å². The van der Waals surface area contributed by atoms with E-state index >= 15 is 0 Å². The SMILES string of the molecule is CCCC(CCCl)CNCCSc1ccccc1. The zero-order valence-electron chi connectivity index (χ0n) is 11.2. The molecule has 102 valence electrons. The first-order chi connectivity index (χ1) is 8.86. The molecule has 0 aromatic heterocycles. The number of thioether (sulfide) groups is 1. The summed E-state index contributed by atoms with van der Waals surface area (Å²) in [7, 11) is 0. The van der Waals surface area contributed by atoms with E-state index in [1.165, 1.54) is 17.7 Å². The molecule has 0 aliphatic carbocycles. The number of nitrogens with one attached hydrogen (secondary N) is 1. The average molecular weight is 286 g/mol. The molecule has 0 radical (unpaired) electrons.